The van der Waals surface area contributed by atoms with Gasteiger partial charge in [0, 0.05) is 42.6 Å². The molecule has 3 aromatic rings. The lowest BCUT2D eigenvalue weighted by Gasteiger charge is -2.13. The van der Waals surface area contributed by atoms with Gasteiger partial charge in [0.25, 0.3) is 0 Å². The van der Waals surface area contributed by atoms with Gasteiger partial charge in [0.1, 0.15) is 0 Å². The van der Waals surface area contributed by atoms with E-state index in [4.69, 9.17) is 10.6 Å². The number of amidine groups is 1. The van der Waals surface area contributed by atoms with Crippen LogP contribution in [0.3, 0.4) is 0 Å². The summed E-state index contributed by atoms with van der Waals surface area (Å²) in [6, 6.07) is 8.66. The normalized spacial score (nSPS) is 13.4. The van der Waals surface area contributed by atoms with E-state index in [1.165, 1.54) is 0 Å². The summed E-state index contributed by atoms with van der Waals surface area (Å²) >= 11 is 2.13. The zero-order chi connectivity index (χ0) is 24.0. The molecule has 2 heterocycles. The van der Waals surface area contributed by atoms with Crippen LogP contribution in [-0.4, -0.2) is 77.8 Å². The number of benzene rings is 1. The van der Waals surface area contributed by atoms with Gasteiger partial charge >= 0.3 is 0 Å². The van der Waals surface area contributed by atoms with Gasteiger partial charge in [-0.3, -0.25) is 4.72 Å². The predicted molar refractivity (Wildman–Crippen MR) is 138 cm³/mol. The molecule has 0 aliphatic heterocycles. The average molecular weight is 586 g/mol. The summed E-state index contributed by atoms with van der Waals surface area (Å²) in [5.74, 6) is 0.116. The van der Waals surface area contributed by atoms with Crippen molar-refractivity contribution in [3.05, 3.63) is 48.3 Å². The van der Waals surface area contributed by atoms with E-state index in [1.54, 1.807) is 41.2 Å². The fourth-order valence-electron chi connectivity index (χ4n) is 2.89. The Hall–Kier alpha value is -2.49. The Balaban J connectivity index is 1.83. The van der Waals surface area contributed by atoms with Crippen LogP contribution in [0.2, 0.25) is 0 Å². The Morgan fingerprint density at radius 2 is 2.15 bits per heavy atom. The lowest BCUT2D eigenvalue weighted by atomic mass is 10.1. The molecule has 13 heteroatoms. The van der Waals surface area contributed by atoms with Crippen LogP contribution in [-0.2, 0) is 14.9 Å². The number of sulfonamides is 1. The largest absolute Gasteiger partial charge is 0.380 e. The summed E-state index contributed by atoms with van der Waals surface area (Å²) in [6.07, 6.45) is 4.49. The van der Waals surface area contributed by atoms with Crippen LogP contribution < -0.4 is 15.8 Å². The molecular weight excluding hydrogens is 559 g/mol. The standard InChI is InChI=1S/C20H27IN8O3S/c1-28(2)8-7-23-12-18(21)32-26-20(22)15-9-14(10-16(11-15)27-33(3,30)31)17-13-29-19(25-17)5-4-6-24-29/h4-6,9-11,13,18,23,27H,7-8,12H2,1-3H3,(H2,22,26). The highest BCUT2D eigenvalue weighted by molar-refractivity contribution is 14.1. The highest BCUT2D eigenvalue weighted by Gasteiger charge is 2.13. The van der Waals surface area contributed by atoms with Gasteiger partial charge in [-0.15, -0.1) is 0 Å². The molecule has 0 spiro atoms. The number of anilines is 1. The van der Waals surface area contributed by atoms with Gasteiger partial charge in [-0.25, -0.2) is 17.9 Å². The number of alkyl halides is 1. The molecule has 1 aromatic carbocycles. The van der Waals surface area contributed by atoms with Gasteiger partial charge in [0.05, 0.1) is 18.1 Å². The number of nitrogens with one attached hydrogen (secondary N) is 2. The lowest BCUT2D eigenvalue weighted by Crippen LogP contribution is -2.31. The molecule has 178 valence electrons. The van der Waals surface area contributed by atoms with E-state index in [9.17, 15) is 8.42 Å². The van der Waals surface area contributed by atoms with E-state index >= 15 is 0 Å². The molecule has 11 nitrogen and oxygen atoms in total. The first-order valence-corrected chi connectivity index (χ1v) is 13.2. The van der Waals surface area contributed by atoms with Crippen LogP contribution in [0.4, 0.5) is 5.69 Å². The van der Waals surface area contributed by atoms with Crippen molar-refractivity contribution in [2.24, 2.45) is 10.9 Å². The van der Waals surface area contributed by atoms with Crippen molar-refractivity contribution in [2.75, 3.05) is 44.7 Å². The minimum Gasteiger partial charge on any atom is -0.380 e. The van der Waals surface area contributed by atoms with E-state index in [0.717, 1.165) is 19.3 Å². The van der Waals surface area contributed by atoms with E-state index in [-0.39, 0.29) is 9.95 Å². The quantitative estimate of drug-likeness (QED) is 0.0764. The lowest BCUT2D eigenvalue weighted by molar-refractivity contribution is 0.131. The zero-order valence-electron chi connectivity index (χ0n) is 18.6. The van der Waals surface area contributed by atoms with Crippen LogP contribution in [0.1, 0.15) is 5.56 Å². The fraction of sp³-hybridized carbons (Fsp3) is 0.350. The van der Waals surface area contributed by atoms with Crippen molar-refractivity contribution in [2.45, 2.75) is 4.11 Å². The molecule has 3 rings (SSSR count). The topological polar surface area (TPSA) is 139 Å². The predicted octanol–water partition coefficient (Wildman–Crippen LogP) is 1.32. The van der Waals surface area contributed by atoms with Crippen LogP contribution in [0.5, 0.6) is 0 Å². The van der Waals surface area contributed by atoms with Crippen molar-refractivity contribution in [3.8, 4) is 11.3 Å². The first-order valence-electron chi connectivity index (χ1n) is 10.0. The monoisotopic (exact) mass is 586 g/mol. The molecule has 0 aliphatic carbocycles. The minimum absolute atomic E-state index is 0.116. The molecule has 33 heavy (non-hydrogen) atoms. The Morgan fingerprint density at radius 3 is 2.85 bits per heavy atom. The molecule has 1 unspecified atom stereocenters. The molecule has 0 radical (unpaired) electrons. The maximum atomic E-state index is 11.8. The maximum Gasteiger partial charge on any atom is 0.229 e. The summed E-state index contributed by atoms with van der Waals surface area (Å²) in [6.45, 7) is 2.34. The van der Waals surface area contributed by atoms with E-state index in [1.807, 2.05) is 20.2 Å². The van der Waals surface area contributed by atoms with Gasteiger partial charge in [0.2, 0.25) is 10.0 Å². The first kappa shape index (κ1) is 25.1. The van der Waals surface area contributed by atoms with Crippen molar-refractivity contribution in [1.82, 2.24) is 24.8 Å². The Kier molecular flexibility index (Phi) is 8.45. The number of hydrogen-bond acceptors (Lipinski definition) is 8. The zero-order valence-corrected chi connectivity index (χ0v) is 21.5. The van der Waals surface area contributed by atoms with Gasteiger partial charge in [0.15, 0.2) is 15.6 Å². The Bertz CT molecular complexity index is 1200. The summed E-state index contributed by atoms with van der Waals surface area (Å²) < 4.78 is 27.5. The number of nitrogens with zero attached hydrogens (tertiary/aromatic N) is 5. The summed E-state index contributed by atoms with van der Waals surface area (Å²) in [4.78, 5) is 12.1. The number of oxime groups is 1. The minimum atomic E-state index is -3.50. The molecule has 0 saturated heterocycles. The van der Waals surface area contributed by atoms with Crippen molar-refractivity contribution in [1.29, 1.82) is 0 Å². The van der Waals surface area contributed by atoms with Crippen LogP contribution >= 0.6 is 22.6 Å². The highest BCUT2D eigenvalue weighted by atomic mass is 127. The SMILES string of the molecule is CN(C)CCNCC(I)O/N=C(\N)c1cc(NS(C)(=O)=O)cc(-c2cn3ncccc3n2)c1. The third-order valence-electron chi connectivity index (χ3n) is 4.37. The number of hydrogen-bond donors (Lipinski definition) is 3. The Labute approximate surface area is 206 Å². The fourth-order valence-corrected chi connectivity index (χ4v) is 3.86. The molecular formula is C20H27IN8O3S. The number of imidazole rings is 1. The average Bonchev–Trinajstić information content (AvgIpc) is 3.18. The molecule has 1 atom stereocenters. The maximum absolute atomic E-state index is 11.8. The van der Waals surface area contributed by atoms with Gasteiger partial charge in [-0.05, 0) is 67.0 Å². The van der Waals surface area contributed by atoms with Crippen molar-refractivity contribution in [3.63, 3.8) is 0 Å². The third-order valence-corrected chi connectivity index (χ3v) is 5.64. The van der Waals surface area contributed by atoms with Gasteiger partial charge < -0.3 is 20.8 Å². The van der Waals surface area contributed by atoms with Crippen molar-refractivity contribution < 1.29 is 13.3 Å². The molecule has 0 aliphatic rings. The van der Waals surface area contributed by atoms with E-state index in [2.05, 4.69) is 52.8 Å². The molecule has 0 amide bonds. The first-order chi connectivity index (χ1) is 15.6. The highest BCUT2D eigenvalue weighted by Crippen LogP contribution is 2.25. The summed E-state index contributed by atoms with van der Waals surface area (Å²) in [5, 5.41) is 11.5. The second-order valence-electron chi connectivity index (χ2n) is 7.63. The van der Waals surface area contributed by atoms with E-state index in [0.29, 0.717) is 34.7 Å². The number of fused-ring (bicyclic) bond motifs is 1. The second-order valence-corrected chi connectivity index (χ2v) is 10.8. The molecule has 0 bridgehead atoms. The van der Waals surface area contributed by atoms with Crippen LogP contribution in [0.25, 0.3) is 16.9 Å². The smallest absolute Gasteiger partial charge is 0.229 e. The molecule has 2 aromatic heterocycles. The van der Waals surface area contributed by atoms with Crippen LogP contribution in [0.15, 0.2) is 47.9 Å². The van der Waals surface area contributed by atoms with Crippen molar-refractivity contribution >= 4 is 49.8 Å². The Morgan fingerprint density at radius 1 is 1.36 bits per heavy atom. The number of nitrogens with two attached hydrogens (primary N) is 1. The number of halogens is 1. The number of likely N-dealkylation sites (N-methyl/N-ethyl adjacent to an activating group) is 1. The molecule has 0 saturated carbocycles. The molecule has 0 fully saturated rings. The van der Waals surface area contributed by atoms with Gasteiger partial charge in [-0.2, -0.15) is 5.10 Å². The van der Waals surface area contributed by atoms with Crippen LogP contribution in [0, 0.1) is 0 Å². The van der Waals surface area contributed by atoms with E-state index < -0.39 is 10.0 Å². The molecule has 4 N–H and O–H groups in total. The second kappa shape index (κ2) is 11.1. The summed E-state index contributed by atoms with van der Waals surface area (Å²) in [7, 11) is 0.516. The number of aromatic nitrogens is 3. The number of rotatable bonds is 11. The third kappa shape index (κ3) is 7.80. The summed E-state index contributed by atoms with van der Waals surface area (Å²) in [5.41, 5.74) is 8.93. The van der Waals surface area contributed by atoms with Gasteiger partial charge in [-0.1, -0.05) is 5.16 Å².